The predicted octanol–water partition coefficient (Wildman–Crippen LogP) is -1.65. The monoisotopic (exact) mass is 500 g/mol. The molecule has 13 heteroatoms. The molecule has 0 saturated heterocycles. The smallest absolute Gasteiger partial charge is 0.326 e. The molecule has 0 aliphatic carbocycles. The minimum Gasteiger partial charge on any atom is -0.480 e. The molecule has 0 aromatic heterocycles. The normalized spacial score (nSPS) is 14.5. The number of amides is 3. The van der Waals surface area contributed by atoms with E-state index in [1.165, 1.54) is 0 Å². The standard InChI is InChI=1S/C22H44N8O5/c1-12(2)16(24)19(32)28-14(8-5-6-10-23)18(31)30-17(13(3)4)20(33)29-15(21(34)35)9-7-11-27-22(25)26/h12-17H,5-11,23-24H2,1-4H3,(H,28,32)(H,29,33)(H,30,31)(H,34,35)(H4,25,26,27)/t14-,15-,16-,17-/m0/s1. The summed E-state index contributed by atoms with van der Waals surface area (Å²) in [7, 11) is 0. The van der Waals surface area contributed by atoms with Gasteiger partial charge in [0.1, 0.15) is 18.1 Å². The van der Waals surface area contributed by atoms with Crippen molar-refractivity contribution < 1.29 is 24.3 Å². The number of carbonyl (C=O) groups is 4. The molecule has 0 aromatic carbocycles. The summed E-state index contributed by atoms with van der Waals surface area (Å²) < 4.78 is 0. The van der Waals surface area contributed by atoms with Gasteiger partial charge in [-0.1, -0.05) is 27.7 Å². The van der Waals surface area contributed by atoms with Crippen LogP contribution in [0.1, 0.15) is 59.8 Å². The van der Waals surface area contributed by atoms with Gasteiger partial charge in [-0.25, -0.2) is 4.79 Å². The van der Waals surface area contributed by atoms with Crippen LogP contribution in [0.15, 0.2) is 4.99 Å². The molecule has 13 nitrogen and oxygen atoms in total. The number of unbranched alkanes of at least 4 members (excludes halogenated alkanes) is 1. The van der Waals surface area contributed by atoms with Crippen molar-refractivity contribution in [1.29, 1.82) is 0 Å². The van der Waals surface area contributed by atoms with Gasteiger partial charge >= 0.3 is 5.97 Å². The third-order valence-electron chi connectivity index (χ3n) is 5.41. The SMILES string of the molecule is CC(C)[C@H](N)C(=O)N[C@@H](CCCCN)C(=O)N[C@H](C(=O)N[C@@H](CCCN=C(N)N)C(=O)O)C(C)C. The van der Waals surface area contributed by atoms with Gasteiger partial charge in [0.2, 0.25) is 17.7 Å². The summed E-state index contributed by atoms with van der Waals surface area (Å²) in [6.45, 7) is 7.68. The first-order chi connectivity index (χ1) is 16.3. The predicted molar refractivity (Wildman–Crippen MR) is 134 cm³/mol. The summed E-state index contributed by atoms with van der Waals surface area (Å²) in [6.07, 6.45) is 1.99. The van der Waals surface area contributed by atoms with Crippen LogP contribution in [0.2, 0.25) is 0 Å². The van der Waals surface area contributed by atoms with Crippen LogP contribution in [0.5, 0.6) is 0 Å². The van der Waals surface area contributed by atoms with E-state index in [1.807, 2.05) is 0 Å². The summed E-state index contributed by atoms with van der Waals surface area (Å²) in [5.74, 6) is -3.47. The molecule has 0 bridgehead atoms. The number of nitrogens with two attached hydrogens (primary N) is 4. The summed E-state index contributed by atoms with van der Waals surface area (Å²) in [4.78, 5) is 53.8. The summed E-state index contributed by atoms with van der Waals surface area (Å²) in [5, 5.41) is 17.3. The van der Waals surface area contributed by atoms with Crippen molar-refractivity contribution in [3.05, 3.63) is 0 Å². The second-order valence-electron chi connectivity index (χ2n) is 9.19. The Kier molecular flexibility index (Phi) is 15.3. The zero-order valence-electron chi connectivity index (χ0n) is 21.3. The van der Waals surface area contributed by atoms with Gasteiger partial charge < -0.3 is 44.0 Å². The van der Waals surface area contributed by atoms with Gasteiger partial charge in [-0.2, -0.15) is 0 Å². The molecule has 0 aliphatic rings. The number of hydrogen-bond acceptors (Lipinski definition) is 7. The fourth-order valence-electron chi connectivity index (χ4n) is 3.14. The summed E-state index contributed by atoms with van der Waals surface area (Å²) in [5.41, 5.74) is 22.0. The maximum Gasteiger partial charge on any atom is 0.326 e. The van der Waals surface area contributed by atoms with Crippen LogP contribution in [0.4, 0.5) is 0 Å². The number of carbonyl (C=O) groups excluding carboxylic acids is 3. The Balaban J connectivity index is 5.38. The second kappa shape index (κ2) is 16.7. The van der Waals surface area contributed by atoms with Crippen LogP contribution in [-0.2, 0) is 19.2 Å². The van der Waals surface area contributed by atoms with E-state index in [2.05, 4.69) is 20.9 Å². The number of nitrogens with one attached hydrogen (secondary N) is 3. The lowest BCUT2D eigenvalue weighted by Crippen LogP contribution is -2.58. The van der Waals surface area contributed by atoms with Gasteiger partial charge in [-0.15, -0.1) is 0 Å². The van der Waals surface area contributed by atoms with E-state index in [9.17, 15) is 24.3 Å². The van der Waals surface area contributed by atoms with Crippen molar-refractivity contribution in [3.63, 3.8) is 0 Å². The van der Waals surface area contributed by atoms with Crippen LogP contribution in [-0.4, -0.2) is 72.0 Å². The first kappa shape index (κ1) is 32.1. The molecule has 0 heterocycles. The average molecular weight is 501 g/mol. The van der Waals surface area contributed by atoms with E-state index < -0.39 is 47.9 Å². The number of carboxylic acids is 1. The third kappa shape index (κ3) is 12.9. The average Bonchev–Trinajstić information content (AvgIpc) is 2.77. The van der Waals surface area contributed by atoms with E-state index in [-0.39, 0.29) is 30.8 Å². The maximum atomic E-state index is 13.0. The van der Waals surface area contributed by atoms with E-state index in [4.69, 9.17) is 22.9 Å². The Morgan fingerprint density at radius 1 is 0.800 bits per heavy atom. The maximum absolute atomic E-state index is 13.0. The highest BCUT2D eigenvalue weighted by Gasteiger charge is 2.32. The quantitative estimate of drug-likeness (QED) is 0.0646. The van der Waals surface area contributed by atoms with E-state index in [0.29, 0.717) is 32.2 Å². The van der Waals surface area contributed by atoms with Gasteiger partial charge in [0, 0.05) is 6.54 Å². The molecule has 12 N–H and O–H groups in total. The molecular formula is C22H44N8O5. The molecule has 0 aliphatic heterocycles. The Morgan fingerprint density at radius 3 is 1.86 bits per heavy atom. The Labute approximate surface area is 207 Å². The first-order valence-corrected chi connectivity index (χ1v) is 12.0. The van der Waals surface area contributed by atoms with Crippen molar-refractivity contribution in [3.8, 4) is 0 Å². The number of guanidine groups is 1. The fraction of sp³-hybridized carbons (Fsp3) is 0.773. The second-order valence-corrected chi connectivity index (χ2v) is 9.19. The molecule has 35 heavy (non-hydrogen) atoms. The molecular weight excluding hydrogens is 456 g/mol. The van der Waals surface area contributed by atoms with E-state index >= 15 is 0 Å². The minimum atomic E-state index is -1.22. The highest BCUT2D eigenvalue weighted by atomic mass is 16.4. The van der Waals surface area contributed by atoms with Crippen LogP contribution in [0, 0.1) is 11.8 Å². The highest BCUT2D eigenvalue weighted by Crippen LogP contribution is 2.09. The van der Waals surface area contributed by atoms with Crippen LogP contribution in [0.25, 0.3) is 0 Å². The van der Waals surface area contributed by atoms with Crippen molar-refractivity contribution in [1.82, 2.24) is 16.0 Å². The van der Waals surface area contributed by atoms with E-state index in [1.54, 1.807) is 27.7 Å². The number of aliphatic imine (C=N–C) groups is 1. The number of rotatable bonds is 17. The van der Waals surface area contributed by atoms with E-state index in [0.717, 1.165) is 0 Å². The van der Waals surface area contributed by atoms with Crippen molar-refractivity contribution in [2.45, 2.75) is 84.0 Å². The Morgan fingerprint density at radius 2 is 1.37 bits per heavy atom. The number of carboxylic acid groups (broad SMARTS) is 1. The molecule has 0 rings (SSSR count). The van der Waals surface area contributed by atoms with Gasteiger partial charge in [0.05, 0.1) is 6.04 Å². The van der Waals surface area contributed by atoms with Crippen molar-refractivity contribution >= 4 is 29.7 Å². The van der Waals surface area contributed by atoms with Crippen molar-refractivity contribution in [2.24, 2.45) is 39.8 Å². The largest absolute Gasteiger partial charge is 0.480 e. The van der Waals surface area contributed by atoms with Crippen LogP contribution in [0.3, 0.4) is 0 Å². The van der Waals surface area contributed by atoms with Crippen LogP contribution < -0.4 is 38.9 Å². The zero-order chi connectivity index (χ0) is 27.1. The fourth-order valence-corrected chi connectivity index (χ4v) is 3.14. The third-order valence-corrected chi connectivity index (χ3v) is 5.41. The number of nitrogens with zero attached hydrogens (tertiary/aromatic N) is 1. The van der Waals surface area contributed by atoms with Crippen molar-refractivity contribution in [2.75, 3.05) is 13.1 Å². The lowest BCUT2D eigenvalue weighted by Gasteiger charge is -2.27. The molecule has 202 valence electrons. The molecule has 0 spiro atoms. The molecule has 0 unspecified atom stereocenters. The van der Waals surface area contributed by atoms with Gasteiger partial charge in [0.15, 0.2) is 5.96 Å². The minimum absolute atomic E-state index is 0.0987. The molecule has 4 atom stereocenters. The Bertz CT molecular complexity index is 725. The van der Waals surface area contributed by atoms with Crippen LogP contribution >= 0.6 is 0 Å². The number of aliphatic carboxylic acids is 1. The molecule has 0 fully saturated rings. The lowest BCUT2D eigenvalue weighted by atomic mass is 10.00. The zero-order valence-corrected chi connectivity index (χ0v) is 21.3. The molecule has 0 aromatic rings. The summed E-state index contributed by atoms with van der Waals surface area (Å²) in [6, 6.07) is -3.91. The lowest BCUT2D eigenvalue weighted by molar-refractivity contribution is -0.142. The summed E-state index contributed by atoms with van der Waals surface area (Å²) >= 11 is 0. The Hall–Kier alpha value is -2.93. The molecule has 3 amide bonds. The number of hydrogen-bond donors (Lipinski definition) is 8. The molecule has 0 saturated carbocycles. The van der Waals surface area contributed by atoms with Gasteiger partial charge in [0.25, 0.3) is 0 Å². The topological polar surface area (TPSA) is 241 Å². The van der Waals surface area contributed by atoms with Gasteiger partial charge in [-0.05, 0) is 50.5 Å². The molecule has 0 radical (unpaired) electrons. The first-order valence-electron chi connectivity index (χ1n) is 12.0. The van der Waals surface area contributed by atoms with Gasteiger partial charge in [-0.3, -0.25) is 19.4 Å². The highest BCUT2D eigenvalue weighted by molar-refractivity contribution is 5.94.